The van der Waals surface area contributed by atoms with Crippen LogP contribution in [0.1, 0.15) is 43.9 Å². The normalized spacial score (nSPS) is 27.0. The standard InChI is InChI=1S/C16H17N2O3/c1-16(2)15(20)14(18-7-3-4-13(18)19)11-8-10(9-17)5-6-12(11)21-16/h5-6,8,14-15H,3-4,7H2,1-2H3/q-1/t14-,15+/m1/s1. The van der Waals surface area contributed by atoms with E-state index in [2.05, 4.69) is 6.07 Å². The number of hydrogen-bond acceptors (Lipinski definition) is 4. The van der Waals surface area contributed by atoms with Gasteiger partial charge in [0.05, 0.1) is 23.3 Å². The predicted molar refractivity (Wildman–Crippen MR) is 73.3 cm³/mol. The van der Waals surface area contributed by atoms with Crippen LogP contribution in [0.4, 0.5) is 0 Å². The molecule has 0 spiro atoms. The fourth-order valence-corrected chi connectivity index (χ4v) is 3.12. The summed E-state index contributed by atoms with van der Waals surface area (Å²) < 4.78 is 5.80. The number of rotatable bonds is 1. The molecule has 5 nitrogen and oxygen atoms in total. The summed E-state index contributed by atoms with van der Waals surface area (Å²) in [5.74, 6) is 0.600. The maximum absolute atomic E-state index is 12.8. The zero-order chi connectivity index (χ0) is 15.2. The Morgan fingerprint density at radius 1 is 1.48 bits per heavy atom. The molecule has 0 saturated carbocycles. The molecule has 1 aromatic carbocycles. The van der Waals surface area contributed by atoms with Gasteiger partial charge in [-0.1, -0.05) is 6.10 Å². The molecule has 0 N–H and O–H groups in total. The third kappa shape index (κ3) is 2.16. The molecule has 0 unspecified atom stereocenters. The maximum Gasteiger partial charge on any atom is 0.223 e. The summed E-state index contributed by atoms with van der Waals surface area (Å²) in [4.78, 5) is 13.7. The highest BCUT2D eigenvalue weighted by atomic mass is 16.5. The van der Waals surface area contributed by atoms with Gasteiger partial charge in [0.2, 0.25) is 5.91 Å². The summed E-state index contributed by atoms with van der Waals surface area (Å²) in [6, 6.07) is 6.57. The van der Waals surface area contributed by atoms with Gasteiger partial charge in [0.25, 0.3) is 0 Å². The number of amides is 1. The lowest BCUT2D eigenvalue weighted by molar-refractivity contribution is -0.462. The first kappa shape index (κ1) is 13.9. The Morgan fingerprint density at radius 3 is 2.86 bits per heavy atom. The number of benzene rings is 1. The van der Waals surface area contributed by atoms with Gasteiger partial charge >= 0.3 is 0 Å². The van der Waals surface area contributed by atoms with Crippen LogP contribution in [-0.2, 0) is 4.79 Å². The minimum absolute atomic E-state index is 0.00635. The van der Waals surface area contributed by atoms with Crippen LogP contribution in [0.15, 0.2) is 18.2 Å². The van der Waals surface area contributed by atoms with Crippen molar-refractivity contribution in [2.24, 2.45) is 0 Å². The quantitative estimate of drug-likeness (QED) is 0.775. The van der Waals surface area contributed by atoms with Gasteiger partial charge in [0.15, 0.2) is 0 Å². The molecule has 0 aromatic heterocycles. The van der Waals surface area contributed by atoms with Crippen molar-refractivity contribution < 1.29 is 14.6 Å². The van der Waals surface area contributed by atoms with E-state index in [9.17, 15) is 9.90 Å². The fraction of sp³-hybridized carbons (Fsp3) is 0.500. The molecule has 1 fully saturated rings. The van der Waals surface area contributed by atoms with E-state index in [1.165, 1.54) is 0 Å². The number of nitriles is 1. The first-order chi connectivity index (χ1) is 9.94. The topological polar surface area (TPSA) is 76.4 Å². The molecule has 2 aliphatic rings. The van der Waals surface area contributed by atoms with Crippen molar-refractivity contribution in [1.82, 2.24) is 4.90 Å². The van der Waals surface area contributed by atoms with Gasteiger partial charge in [-0.15, -0.1) is 0 Å². The lowest BCUT2D eigenvalue weighted by Gasteiger charge is -2.51. The van der Waals surface area contributed by atoms with E-state index in [0.29, 0.717) is 29.8 Å². The van der Waals surface area contributed by atoms with Crippen LogP contribution in [0.25, 0.3) is 0 Å². The highest BCUT2D eigenvalue weighted by Gasteiger charge is 2.42. The van der Waals surface area contributed by atoms with E-state index >= 15 is 0 Å². The van der Waals surface area contributed by atoms with Gasteiger partial charge in [-0.3, -0.25) is 4.79 Å². The van der Waals surface area contributed by atoms with Gasteiger partial charge in [-0.25, -0.2) is 0 Å². The van der Waals surface area contributed by atoms with E-state index in [-0.39, 0.29) is 5.91 Å². The Labute approximate surface area is 123 Å². The SMILES string of the molecule is CC1(C)Oc2ccc(C#N)cc2[C@@H](N2CCCC2=O)[C@@H]1[O-]. The molecule has 2 atom stereocenters. The summed E-state index contributed by atoms with van der Waals surface area (Å²) in [6.45, 7) is 4.09. The molecule has 0 radical (unpaired) electrons. The van der Waals surface area contributed by atoms with E-state index in [1.54, 1.807) is 36.9 Å². The van der Waals surface area contributed by atoms with Gasteiger partial charge in [0, 0.05) is 18.5 Å². The highest BCUT2D eigenvalue weighted by molar-refractivity contribution is 5.79. The molecule has 5 heteroatoms. The minimum atomic E-state index is -1.08. The number of hydrogen-bond donors (Lipinski definition) is 0. The van der Waals surface area contributed by atoms with E-state index in [4.69, 9.17) is 10.00 Å². The Bertz CT molecular complexity index is 633. The minimum Gasteiger partial charge on any atom is -0.847 e. The molecule has 0 aliphatic carbocycles. The Morgan fingerprint density at radius 2 is 2.24 bits per heavy atom. The summed E-state index contributed by atoms with van der Waals surface area (Å²) in [7, 11) is 0. The molecule has 2 aliphatic heterocycles. The molecule has 110 valence electrons. The summed E-state index contributed by atoms with van der Waals surface area (Å²) in [5, 5.41) is 21.9. The van der Waals surface area contributed by atoms with Gasteiger partial charge in [-0.2, -0.15) is 5.26 Å². The first-order valence-electron chi connectivity index (χ1n) is 7.12. The second kappa shape index (κ2) is 4.74. The van der Waals surface area contributed by atoms with Crippen molar-refractivity contribution in [2.75, 3.05) is 6.54 Å². The van der Waals surface area contributed by atoms with Crippen LogP contribution >= 0.6 is 0 Å². The third-order valence-electron chi connectivity index (χ3n) is 4.25. The number of ether oxygens (including phenoxy) is 1. The molecule has 1 amide bonds. The van der Waals surface area contributed by atoms with E-state index in [0.717, 1.165) is 6.42 Å². The fourth-order valence-electron chi connectivity index (χ4n) is 3.12. The van der Waals surface area contributed by atoms with Crippen molar-refractivity contribution in [3.05, 3.63) is 29.3 Å². The van der Waals surface area contributed by atoms with Crippen LogP contribution in [0.3, 0.4) is 0 Å². The van der Waals surface area contributed by atoms with Crippen LogP contribution in [0.5, 0.6) is 5.75 Å². The molecule has 1 aromatic rings. The molecular formula is C16H17N2O3-. The summed E-state index contributed by atoms with van der Waals surface area (Å²) in [6.07, 6.45) is 0.176. The molecule has 3 rings (SSSR count). The van der Waals surface area contributed by atoms with Crippen LogP contribution in [-0.4, -0.2) is 29.1 Å². The lowest BCUT2D eigenvalue weighted by atomic mass is 9.85. The zero-order valence-corrected chi connectivity index (χ0v) is 12.1. The Kier molecular flexibility index (Phi) is 3.14. The van der Waals surface area contributed by atoms with E-state index in [1.807, 2.05) is 0 Å². The van der Waals surface area contributed by atoms with Crippen LogP contribution in [0, 0.1) is 11.3 Å². The van der Waals surface area contributed by atoms with Crippen LogP contribution in [0.2, 0.25) is 0 Å². The van der Waals surface area contributed by atoms with Crippen molar-refractivity contribution in [3.8, 4) is 11.8 Å². The number of nitrogens with zero attached hydrogens (tertiary/aromatic N) is 2. The Balaban J connectivity index is 2.12. The Hall–Kier alpha value is -2.06. The molecule has 2 heterocycles. The smallest absolute Gasteiger partial charge is 0.223 e. The molecule has 21 heavy (non-hydrogen) atoms. The number of fused-ring (bicyclic) bond motifs is 1. The lowest BCUT2D eigenvalue weighted by Crippen LogP contribution is -2.60. The molecular weight excluding hydrogens is 268 g/mol. The summed E-state index contributed by atoms with van der Waals surface area (Å²) in [5.41, 5.74) is 0.235. The highest BCUT2D eigenvalue weighted by Crippen LogP contribution is 2.43. The number of carbonyl (C=O) groups is 1. The zero-order valence-electron chi connectivity index (χ0n) is 12.1. The number of carbonyl (C=O) groups excluding carboxylic acids is 1. The summed E-state index contributed by atoms with van der Waals surface area (Å²) >= 11 is 0. The third-order valence-corrected chi connectivity index (χ3v) is 4.25. The second-order valence-electron chi connectivity index (χ2n) is 6.13. The van der Waals surface area contributed by atoms with Crippen molar-refractivity contribution in [3.63, 3.8) is 0 Å². The molecule has 1 saturated heterocycles. The number of likely N-dealkylation sites (tertiary alicyclic amines) is 1. The van der Waals surface area contributed by atoms with Crippen molar-refractivity contribution >= 4 is 5.91 Å². The average molecular weight is 285 g/mol. The van der Waals surface area contributed by atoms with Gasteiger partial charge < -0.3 is 14.7 Å². The largest absolute Gasteiger partial charge is 0.847 e. The van der Waals surface area contributed by atoms with Crippen LogP contribution < -0.4 is 9.84 Å². The van der Waals surface area contributed by atoms with E-state index < -0.39 is 17.7 Å². The van der Waals surface area contributed by atoms with Gasteiger partial charge in [-0.05, 0) is 38.5 Å². The molecule has 0 bridgehead atoms. The maximum atomic E-state index is 12.8. The predicted octanol–water partition coefficient (Wildman–Crippen LogP) is 1.12. The average Bonchev–Trinajstić information content (AvgIpc) is 2.86. The van der Waals surface area contributed by atoms with Crippen molar-refractivity contribution in [1.29, 1.82) is 5.26 Å². The monoisotopic (exact) mass is 285 g/mol. The first-order valence-corrected chi connectivity index (χ1v) is 7.12. The van der Waals surface area contributed by atoms with Crippen molar-refractivity contribution in [2.45, 2.75) is 44.4 Å². The van der Waals surface area contributed by atoms with Gasteiger partial charge in [0.1, 0.15) is 5.75 Å². The second-order valence-corrected chi connectivity index (χ2v) is 6.13.